The van der Waals surface area contributed by atoms with Crippen LogP contribution >= 0.6 is 0 Å². The molecule has 1 heterocycles. The van der Waals surface area contributed by atoms with Crippen molar-refractivity contribution in [2.45, 2.75) is 58.9 Å². The van der Waals surface area contributed by atoms with E-state index in [4.69, 9.17) is 0 Å². The Balaban J connectivity index is 1.88. The molecule has 0 aromatic heterocycles. The summed E-state index contributed by atoms with van der Waals surface area (Å²) in [6, 6.07) is 0.557. The maximum Gasteiger partial charge on any atom is 0.223 e. The van der Waals surface area contributed by atoms with Gasteiger partial charge in [0.15, 0.2) is 0 Å². The molecule has 104 valence electrons. The van der Waals surface area contributed by atoms with E-state index >= 15 is 0 Å². The predicted octanol–water partition coefficient (Wildman–Crippen LogP) is 2.41. The molecule has 3 nitrogen and oxygen atoms in total. The molecule has 0 aromatic carbocycles. The zero-order valence-corrected chi connectivity index (χ0v) is 12.2. The summed E-state index contributed by atoms with van der Waals surface area (Å²) < 4.78 is 0. The predicted molar refractivity (Wildman–Crippen MR) is 74.4 cm³/mol. The third kappa shape index (κ3) is 4.27. The van der Waals surface area contributed by atoms with Crippen LogP contribution in [0.2, 0.25) is 0 Å². The molecule has 2 rings (SSSR count). The van der Waals surface area contributed by atoms with E-state index in [-0.39, 0.29) is 5.41 Å². The minimum atomic E-state index is 0.106. The SMILES string of the molecule is CC(C)(C)CC(=O)N(CC1CCCNC1)C1CC1. The Labute approximate surface area is 111 Å². The average Bonchev–Trinajstić information content (AvgIpc) is 3.08. The van der Waals surface area contributed by atoms with Gasteiger partial charge in [0.1, 0.15) is 0 Å². The topological polar surface area (TPSA) is 32.3 Å². The van der Waals surface area contributed by atoms with Crippen molar-refractivity contribution < 1.29 is 4.79 Å². The van der Waals surface area contributed by atoms with Crippen molar-refractivity contribution in [1.29, 1.82) is 0 Å². The van der Waals surface area contributed by atoms with Gasteiger partial charge in [0.05, 0.1) is 0 Å². The molecular weight excluding hydrogens is 224 g/mol. The molecule has 3 heteroatoms. The van der Waals surface area contributed by atoms with Crippen LogP contribution in [0.25, 0.3) is 0 Å². The quantitative estimate of drug-likeness (QED) is 0.833. The number of rotatable bonds is 4. The van der Waals surface area contributed by atoms with Crippen molar-refractivity contribution in [3.63, 3.8) is 0 Å². The fourth-order valence-electron chi connectivity index (χ4n) is 2.75. The van der Waals surface area contributed by atoms with Gasteiger partial charge < -0.3 is 10.2 Å². The molecule has 2 fully saturated rings. The molecule has 1 unspecified atom stereocenters. The molecule has 0 bridgehead atoms. The number of piperidine rings is 1. The van der Waals surface area contributed by atoms with E-state index in [1.54, 1.807) is 0 Å². The smallest absolute Gasteiger partial charge is 0.223 e. The monoisotopic (exact) mass is 252 g/mol. The van der Waals surface area contributed by atoms with Crippen LogP contribution in [0.15, 0.2) is 0 Å². The zero-order chi connectivity index (χ0) is 13.2. The maximum absolute atomic E-state index is 12.4. The molecular formula is C15H28N2O. The first-order chi connectivity index (χ1) is 8.46. The van der Waals surface area contributed by atoms with Crippen molar-refractivity contribution >= 4 is 5.91 Å². The minimum Gasteiger partial charge on any atom is -0.339 e. The number of amides is 1. The molecule has 0 radical (unpaired) electrons. The molecule has 1 N–H and O–H groups in total. The van der Waals surface area contributed by atoms with E-state index < -0.39 is 0 Å². The molecule has 1 atom stereocenters. The Hall–Kier alpha value is -0.570. The molecule has 1 saturated heterocycles. The molecule has 0 spiro atoms. The van der Waals surface area contributed by atoms with E-state index in [2.05, 4.69) is 31.0 Å². The highest BCUT2D eigenvalue weighted by Gasteiger charge is 2.35. The third-order valence-electron chi connectivity index (χ3n) is 3.84. The van der Waals surface area contributed by atoms with Crippen LogP contribution in [0.3, 0.4) is 0 Å². The van der Waals surface area contributed by atoms with Crippen LogP contribution < -0.4 is 5.32 Å². The number of hydrogen-bond acceptors (Lipinski definition) is 2. The van der Waals surface area contributed by atoms with Gasteiger partial charge >= 0.3 is 0 Å². The fourth-order valence-corrected chi connectivity index (χ4v) is 2.75. The molecule has 1 amide bonds. The lowest BCUT2D eigenvalue weighted by molar-refractivity contribution is -0.134. The highest BCUT2D eigenvalue weighted by atomic mass is 16.2. The van der Waals surface area contributed by atoms with Crippen LogP contribution in [-0.4, -0.2) is 36.5 Å². The first-order valence-corrected chi connectivity index (χ1v) is 7.46. The first-order valence-electron chi connectivity index (χ1n) is 7.46. The fraction of sp³-hybridized carbons (Fsp3) is 0.933. The van der Waals surface area contributed by atoms with E-state index in [1.165, 1.54) is 25.7 Å². The number of carbonyl (C=O) groups is 1. The van der Waals surface area contributed by atoms with Crippen LogP contribution in [0.1, 0.15) is 52.9 Å². The van der Waals surface area contributed by atoms with E-state index in [0.29, 0.717) is 24.3 Å². The largest absolute Gasteiger partial charge is 0.339 e. The van der Waals surface area contributed by atoms with Gasteiger partial charge in [-0.15, -0.1) is 0 Å². The van der Waals surface area contributed by atoms with Gasteiger partial charge in [0.25, 0.3) is 0 Å². The second kappa shape index (κ2) is 5.60. The lowest BCUT2D eigenvalue weighted by Crippen LogP contribution is -2.43. The van der Waals surface area contributed by atoms with Crippen molar-refractivity contribution in [2.75, 3.05) is 19.6 Å². The third-order valence-corrected chi connectivity index (χ3v) is 3.84. The molecule has 0 aromatic rings. The van der Waals surface area contributed by atoms with Gasteiger partial charge in [0, 0.05) is 19.0 Å². The average molecular weight is 252 g/mol. The lowest BCUT2D eigenvalue weighted by atomic mass is 9.91. The summed E-state index contributed by atoms with van der Waals surface area (Å²) in [4.78, 5) is 14.6. The highest BCUT2D eigenvalue weighted by Crippen LogP contribution is 2.31. The van der Waals surface area contributed by atoms with Gasteiger partial charge in [0.2, 0.25) is 5.91 Å². The number of nitrogens with one attached hydrogen (secondary N) is 1. The van der Waals surface area contributed by atoms with Gasteiger partial charge in [-0.1, -0.05) is 20.8 Å². The van der Waals surface area contributed by atoms with Gasteiger partial charge in [-0.05, 0) is 50.1 Å². The standard InChI is InChI=1S/C15H28N2O/c1-15(2,3)9-14(18)17(13-6-7-13)11-12-5-4-8-16-10-12/h12-13,16H,4-11H2,1-3H3. The summed E-state index contributed by atoms with van der Waals surface area (Å²) in [5.41, 5.74) is 0.106. The summed E-state index contributed by atoms with van der Waals surface area (Å²) in [6.45, 7) is 9.67. The zero-order valence-electron chi connectivity index (χ0n) is 12.2. The van der Waals surface area contributed by atoms with Crippen molar-refractivity contribution in [1.82, 2.24) is 10.2 Å². The van der Waals surface area contributed by atoms with Crippen molar-refractivity contribution in [3.05, 3.63) is 0 Å². The second-order valence-electron chi connectivity index (χ2n) is 7.23. The van der Waals surface area contributed by atoms with Crippen LogP contribution in [0, 0.1) is 11.3 Å². The second-order valence-corrected chi connectivity index (χ2v) is 7.23. The molecule has 1 aliphatic heterocycles. The Morgan fingerprint density at radius 2 is 2.00 bits per heavy atom. The Kier molecular flexibility index (Phi) is 4.31. The number of carbonyl (C=O) groups excluding carboxylic acids is 1. The van der Waals surface area contributed by atoms with Gasteiger partial charge in [-0.2, -0.15) is 0 Å². The van der Waals surface area contributed by atoms with Crippen LogP contribution in [-0.2, 0) is 4.79 Å². The Morgan fingerprint density at radius 1 is 1.28 bits per heavy atom. The van der Waals surface area contributed by atoms with E-state index in [1.807, 2.05) is 0 Å². The first kappa shape index (κ1) is 13.9. The molecule has 1 saturated carbocycles. The molecule has 1 aliphatic carbocycles. The molecule has 2 aliphatic rings. The van der Waals surface area contributed by atoms with E-state index in [0.717, 1.165) is 19.6 Å². The van der Waals surface area contributed by atoms with Gasteiger partial charge in [-0.25, -0.2) is 0 Å². The van der Waals surface area contributed by atoms with Crippen molar-refractivity contribution in [3.8, 4) is 0 Å². The van der Waals surface area contributed by atoms with Crippen LogP contribution in [0.4, 0.5) is 0 Å². The summed E-state index contributed by atoms with van der Waals surface area (Å²) in [7, 11) is 0. The highest BCUT2D eigenvalue weighted by molar-refractivity contribution is 5.77. The Morgan fingerprint density at radius 3 is 2.50 bits per heavy atom. The van der Waals surface area contributed by atoms with Gasteiger partial charge in [-0.3, -0.25) is 4.79 Å². The van der Waals surface area contributed by atoms with E-state index in [9.17, 15) is 4.79 Å². The minimum absolute atomic E-state index is 0.106. The normalized spacial score (nSPS) is 24.9. The number of nitrogens with zero attached hydrogens (tertiary/aromatic N) is 1. The maximum atomic E-state index is 12.4. The summed E-state index contributed by atoms with van der Waals surface area (Å²) >= 11 is 0. The molecule has 18 heavy (non-hydrogen) atoms. The summed E-state index contributed by atoms with van der Waals surface area (Å²) in [5.74, 6) is 1.04. The lowest BCUT2D eigenvalue weighted by Gasteiger charge is -2.32. The van der Waals surface area contributed by atoms with Crippen molar-refractivity contribution in [2.24, 2.45) is 11.3 Å². The summed E-state index contributed by atoms with van der Waals surface area (Å²) in [5, 5.41) is 3.45. The Bertz CT molecular complexity index is 285. The number of hydrogen-bond donors (Lipinski definition) is 1. The summed E-state index contributed by atoms with van der Waals surface area (Å²) in [6.07, 6.45) is 5.66. The van der Waals surface area contributed by atoms with Crippen LogP contribution in [0.5, 0.6) is 0 Å².